The Balaban J connectivity index is 2.40. The SMILES string of the molecule is Cc1nc(C)c2c(n1)O[C@H](CBr)C2. The first kappa shape index (κ1) is 8.94. The molecule has 1 aromatic heterocycles. The molecule has 13 heavy (non-hydrogen) atoms. The van der Waals surface area contributed by atoms with Crippen molar-refractivity contribution in [1.82, 2.24) is 9.97 Å². The maximum Gasteiger partial charge on any atom is 0.220 e. The molecule has 0 N–H and O–H groups in total. The number of alkyl halides is 1. The molecular weight excluding hydrogens is 232 g/mol. The number of aromatic nitrogens is 2. The van der Waals surface area contributed by atoms with Gasteiger partial charge in [0.1, 0.15) is 11.9 Å². The minimum atomic E-state index is 0.227. The predicted molar refractivity (Wildman–Crippen MR) is 53.4 cm³/mol. The third-order valence-electron chi connectivity index (χ3n) is 2.17. The lowest BCUT2D eigenvalue weighted by molar-refractivity contribution is 0.251. The van der Waals surface area contributed by atoms with E-state index < -0.39 is 0 Å². The van der Waals surface area contributed by atoms with E-state index in [0.29, 0.717) is 0 Å². The molecule has 2 heterocycles. The number of hydrogen-bond donors (Lipinski definition) is 0. The van der Waals surface area contributed by atoms with Crippen molar-refractivity contribution in [2.24, 2.45) is 0 Å². The van der Waals surface area contributed by atoms with Crippen molar-refractivity contribution in [2.75, 3.05) is 5.33 Å². The molecular formula is C9H11BrN2O. The lowest BCUT2D eigenvalue weighted by Gasteiger charge is -2.04. The predicted octanol–water partition coefficient (Wildman–Crippen LogP) is 1.79. The van der Waals surface area contributed by atoms with Gasteiger partial charge < -0.3 is 4.74 Å². The van der Waals surface area contributed by atoms with E-state index in [1.165, 1.54) is 0 Å². The van der Waals surface area contributed by atoms with Crippen LogP contribution in [0.15, 0.2) is 0 Å². The monoisotopic (exact) mass is 242 g/mol. The molecule has 0 amide bonds. The van der Waals surface area contributed by atoms with Crippen LogP contribution in [-0.4, -0.2) is 21.4 Å². The van der Waals surface area contributed by atoms with Gasteiger partial charge in [0.25, 0.3) is 0 Å². The van der Waals surface area contributed by atoms with Crippen LogP contribution in [0.1, 0.15) is 17.1 Å². The second-order valence-corrected chi connectivity index (χ2v) is 3.89. The zero-order valence-corrected chi connectivity index (χ0v) is 9.26. The minimum absolute atomic E-state index is 0.227. The zero-order chi connectivity index (χ0) is 9.42. The van der Waals surface area contributed by atoms with Crippen LogP contribution < -0.4 is 4.74 Å². The molecule has 2 rings (SSSR count). The zero-order valence-electron chi connectivity index (χ0n) is 7.67. The Morgan fingerprint density at radius 3 is 2.92 bits per heavy atom. The largest absolute Gasteiger partial charge is 0.473 e. The molecule has 0 unspecified atom stereocenters. The summed E-state index contributed by atoms with van der Waals surface area (Å²) >= 11 is 3.41. The number of rotatable bonds is 1. The average molecular weight is 243 g/mol. The summed E-state index contributed by atoms with van der Waals surface area (Å²) in [6.45, 7) is 3.89. The van der Waals surface area contributed by atoms with Gasteiger partial charge in [-0.25, -0.2) is 4.98 Å². The highest BCUT2D eigenvalue weighted by molar-refractivity contribution is 9.09. The van der Waals surface area contributed by atoms with Crippen LogP contribution in [0.4, 0.5) is 0 Å². The third kappa shape index (κ3) is 1.55. The maximum absolute atomic E-state index is 5.62. The number of halogens is 1. The fraction of sp³-hybridized carbons (Fsp3) is 0.556. The number of fused-ring (bicyclic) bond motifs is 1. The van der Waals surface area contributed by atoms with Crippen molar-refractivity contribution in [3.8, 4) is 5.88 Å². The Hall–Kier alpha value is -0.640. The van der Waals surface area contributed by atoms with E-state index in [1.54, 1.807) is 0 Å². The molecule has 1 aliphatic heterocycles. The van der Waals surface area contributed by atoms with Crippen molar-refractivity contribution >= 4 is 15.9 Å². The molecule has 70 valence electrons. The van der Waals surface area contributed by atoms with Gasteiger partial charge in [-0.15, -0.1) is 0 Å². The number of hydrogen-bond acceptors (Lipinski definition) is 3. The first-order valence-corrected chi connectivity index (χ1v) is 5.39. The van der Waals surface area contributed by atoms with E-state index >= 15 is 0 Å². The Morgan fingerprint density at radius 1 is 1.46 bits per heavy atom. The summed E-state index contributed by atoms with van der Waals surface area (Å²) in [5, 5.41) is 0.849. The van der Waals surface area contributed by atoms with E-state index in [2.05, 4.69) is 25.9 Å². The van der Waals surface area contributed by atoms with E-state index in [4.69, 9.17) is 4.74 Å². The van der Waals surface area contributed by atoms with Crippen LogP contribution >= 0.6 is 15.9 Å². The smallest absolute Gasteiger partial charge is 0.220 e. The lowest BCUT2D eigenvalue weighted by Crippen LogP contribution is -2.14. The molecule has 1 aliphatic rings. The second-order valence-electron chi connectivity index (χ2n) is 3.24. The normalized spacial score (nSPS) is 19.8. The van der Waals surface area contributed by atoms with E-state index in [-0.39, 0.29) is 6.10 Å². The summed E-state index contributed by atoms with van der Waals surface area (Å²) in [5.74, 6) is 1.56. The summed E-state index contributed by atoms with van der Waals surface area (Å²) < 4.78 is 5.62. The molecule has 3 nitrogen and oxygen atoms in total. The van der Waals surface area contributed by atoms with Crippen LogP contribution in [0.3, 0.4) is 0 Å². The van der Waals surface area contributed by atoms with E-state index in [0.717, 1.165) is 34.7 Å². The average Bonchev–Trinajstić information content (AvgIpc) is 2.47. The van der Waals surface area contributed by atoms with Gasteiger partial charge in [-0.05, 0) is 13.8 Å². The summed E-state index contributed by atoms with van der Waals surface area (Å²) in [7, 11) is 0. The molecule has 0 bridgehead atoms. The van der Waals surface area contributed by atoms with Gasteiger partial charge >= 0.3 is 0 Å². The van der Waals surface area contributed by atoms with Crippen molar-refractivity contribution in [3.63, 3.8) is 0 Å². The Bertz CT molecular complexity index is 341. The van der Waals surface area contributed by atoms with Crippen LogP contribution in [0.5, 0.6) is 5.88 Å². The third-order valence-corrected chi connectivity index (χ3v) is 2.89. The topological polar surface area (TPSA) is 35.0 Å². The van der Waals surface area contributed by atoms with Crippen molar-refractivity contribution in [2.45, 2.75) is 26.4 Å². The lowest BCUT2D eigenvalue weighted by atomic mass is 10.1. The fourth-order valence-electron chi connectivity index (χ4n) is 1.55. The summed E-state index contributed by atoms with van der Waals surface area (Å²) in [5.41, 5.74) is 2.21. The number of ether oxygens (including phenoxy) is 1. The van der Waals surface area contributed by atoms with Gasteiger partial charge in [-0.3, -0.25) is 0 Å². The van der Waals surface area contributed by atoms with Crippen molar-refractivity contribution < 1.29 is 4.74 Å². The maximum atomic E-state index is 5.62. The summed E-state index contributed by atoms with van der Waals surface area (Å²) in [6.07, 6.45) is 1.15. The molecule has 0 aliphatic carbocycles. The standard InChI is InChI=1S/C9H11BrN2O/c1-5-8-3-7(4-10)13-9(8)12-6(2)11-5/h7H,3-4H2,1-2H3/t7-/m0/s1. The second kappa shape index (κ2) is 3.25. The number of aryl methyl sites for hydroxylation is 2. The molecule has 1 atom stereocenters. The Morgan fingerprint density at radius 2 is 2.23 bits per heavy atom. The first-order chi connectivity index (χ1) is 6.20. The van der Waals surface area contributed by atoms with Crippen LogP contribution in [0.25, 0.3) is 0 Å². The molecule has 0 saturated heterocycles. The minimum Gasteiger partial charge on any atom is -0.473 e. The van der Waals surface area contributed by atoms with Gasteiger partial charge in [0.2, 0.25) is 5.88 Å². The van der Waals surface area contributed by atoms with Gasteiger partial charge in [0, 0.05) is 23.0 Å². The molecule has 0 radical (unpaired) electrons. The molecule has 0 saturated carbocycles. The Kier molecular flexibility index (Phi) is 2.24. The molecule has 0 fully saturated rings. The first-order valence-electron chi connectivity index (χ1n) is 4.27. The molecule has 1 aromatic rings. The molecule has 0 aromatic carbocycles. The highest BCUT2D eigenvalue weighted by atomic mass is 79.9. The highest BCUT2D eigenvalue weighted by Gasteiger charge is 2.25. The summed E-state index contributed by atoms with van der Waals surface area (Å²) in [6, 6.07) is 0. The quantitative estimate of drug-likeness (QED) is 0.705. The fourth-order valence-corrected chi connectivity index (χ4v) is 1.91. The van der Waals surface area contributed by atoms with Gasteiger partial charge in [0.15, 0.2) is 0 Å². The van der Waals surface area contributed by atoms with Gasteiger partial charge in [0.05, 0.1) is 0 Å². The molecule has 0 spiro atoms. The van der Waals surface area contributed by atoms with Crippen molar-refractivity contribution in [1.29, 1.82) is 0 Å². The van der Waals surface area contributed by atoms with Gasteiger partial charge in [-0.1, -0.05) is 15.9 Å². The highest BCUT2D eigenvalue weighted by Crippen LogP contribution is 2.28. The summed E-state index contributed by atoms with van der Waals surface area (Å²) in [4.78, 5) is 8.57. The van der Waals surface area contributed by atoms with Crippen LogP contribution in [0.2, 0.25) is 0 Å². The van der Waals surface area contributed by atoms with E-state index in [9.17, 15) is 0 Å². The van der Waals surface area contributed by atoms with Crippen LogP contribution in [0, 0.1) is 13.8 Å². The Labute approximate surface area is 85.7 Å². The van der Waals surface area contributed by atoms with Gasteiger partial charge in [-0.2, -0.15) is 4.98 Å². The van der Waals surface area contributed by atoms with Crippen molar-refractivity contribution in [3.05, 3.63) is 17.1 Å². The van der Waals surface area contributed by atoms with Crippen LogP contribution in [-0.2, 0) is 6.42 Å². The van der Waals surface area contributed by atoms with E-state index in [1.807, 2.05) is 13.8 Å². The molecule has 4 heteroatoms. The number of nitrogens with zero attached hydrogens (tertiary/aromatic N) is 2.